The van der Waals surface area contributed by atoms with Gasteiger partial charge in [-0.3, -0.25) is 4.79 Å². The SMILES string of the molecule is CCCCCCCCOC(=O)c1cc(C(=O)c2ccccc2)c(C(=O)OCCCCCCCC)c(C(=O)OCCCCCCCC)c1C(=O)OCCCCCCCC. The minimum absolute atomic E-state index is 0.0259. The van der Waals surface area contributed by atoms with E-state index >= 15 is 0 Å². The summed E-state index contributed by atoms with van der Waals surface area (Å²) in [5, 5.41) is 0. The monoisotopic (exact) mass is 807 g/mol. The van der Waals surface area contributed by atoms with Crippen LogP contribution in [0.25, 0.3) is 0 Å². The second kappa shape index (κ2) is 31.9. The molecule has 0 aromatic heterocycles. The second-order valence-corrected chi connectivity index (χ2v) is 15.4. The molecule has 0 saturated carbocycles. The first kappa shape index (κ1) is 50.1. The molecule has 0 fully saturated rings. The van der Waals surface area contributed by atoms with E-state index in [0.717, 1.165) is 128 Å². The van der Waals surface area contributed by atoms with Crippen molar-refractivity contribution in [2.75, 3.05) is 26.4 Å². The van der Waals surface area contributed by atoms with Crippen molar-refractivity contribution in [1.82, 2.24) is 0 Å². The van der Waals surface area contributed by atoms with Gasteiger partial charge in [-0.15, -0.1) is 0 Å². The van der Waals surface area contributed by atoms with Gasteiger partial charge in [-0.2, -0.15) is 0 Å². The Morgan fingerprint density at radius 1 is 0.362 bits per heavy atom. The fourth-order valence-corrected chi connectivity index (χ4v) is 6.88. The van der Waals surface area contributed by atoms with Crippen LogP contribution in [0.3, 0.4) is 0 Å². The van der Waals surface area contributed by atoms with Crippen molar-refractivity contribution in [1.29, 1.82) is 0 Å². The zero-order valence-corrected chi connectivity index (χ0v) is 36.4. The fraction of sp³-hybridized carbons (Fsp3) is 0.653. The van der Waals surface area contributed by atoms with Crippen molar-refractivity contribution in [3.63, 3.8) is 0 Å². The molecule has 0 amide bonds. The number of rotatable bonds is 34. The number of carbonyl (C=O) groups is 5. The lowest BCUT2D eigenvalue weighted by molar-refractivity contribution is 0.0414. The molecular formula is C49H74O9. The zero-order valence-electron chi connectivity index (χ0n) is 36.4. The van der Waals surface area contributed by atoms with Gasteiger partial charge in [0.2, 0.25) is 0 Å². The Morgan fingerprint density at radius 2 is 0.672 bits per heavy atom. The van der Waals surface area contributed by atoms with Gasteiger partial charge < -0.3 is 18.9 Å². The summed E-state index contributed by atoms with van der Waals surface area (Å²) < 4.78 is 23.0. The van der Waals surface area contributed by atoms with E-state index in [0.29, 0.717) is 25.7 Å². The van der Waals surface area contributed by atoms with Crippen LogP contribution in [0.5, 0.6) is 0 Å². The standard InChI is InChI=1S/C49H74O9/c1-5-9-13-17-21-28-34-55-46(51)41-38-40(45(50)39-32-26-25-27-33-39)42(47(52)56-35-29-22-18-14-10-6-2)44(49(54)58-37-31-24-20-16-12-8-4)43(41)48(53)57-36-30-23-19-15-11-7-3/h25-27,32-33,38H,5-24,28-31,34-37H2,1-4H3. The number of ketones is 1. The highest BCUT2D eigenvalue weighted by atomic mass is 16.5. The molecule has 2 aromatic carbocycles. The number of unbranched alkanes of at least 4 members (excludes halogenated alkanes) is 20. The molecule has 0 radical (unpaired) electrons. The van der Waals surface area contributed by atoms with Crippen molar-refractivity contribution in [2.45, 2.75) is 182 Å². The van der Waals surface area contributed by atoms with E-state index in [9.17, 15) is 24.0 Å². The largest absolute Gasteiger partial charge is 0.462 e. The molecule has 58 heavy (non-hydrogen) atoms. The average Bonchev–Trinajstić information content (AvgIpc) is 3.24. The highest BCUT2D eigenvalue weighted by molar-refractivity contribution is 6.22. The van der Waals surface area contributed by atoms with E-state index in [1.807, 2.05) is 0 Å². The van der Waals surface area contributed by atoms with Gasteiger partial charge in [0.05, 0.1) is 48.7 Å². The van der Waals surface area contributed by atoms with Crippen LogP contribution in [0, 0.1) is 0 Å². The Bertz CT molecular complexity index is 1480. The van der Waals surface area contributed by atoms with Crippen LogP contribution in [-0.2, 0) is 18.9 Å². The van der Waals surface area contributed by atoms with Crippen molar-refractivity contribution in [2.24, 2.45) is 0 Å². The Labute approximate surface area is 349 Å². The molecule has 0 aliphatic heterocycles. The number of benzene rings is 2. The molecule has 0 bridgehead atoms. The van der Waals surface area contributed by atoms with Gasteiger partial charge in [-0.25, -0.2) is 19.2 Å². The minimum Gasteiger partial charge on any atom is -0.462 e. The molecule has 0 heterocycles. The molecule has 2 rings (SSSR count). The lowest BCUT2D eigenvalue weighted by atomic mass is 9.87. The molecule has 0 spiro atoms. The molecule has 0 N–H and O–H groups in total. The predicted octanol–water partition coefficient (Wildman–Crippen LogP) is 13.0. The predicted molar refractivity (Wildman–Crippen MR) is 231 cm³/mol. The lowest BCUT2D eigenvalue weighted by Crippen LogP contribution is -2.27. The maximum atomic E-state index is 14.4. The third-order valence-corrected chi connectivity index (χ3v) is 10.4. The fourth-order valence-electron chi connectivity index (χ4n) is 6.88. The van der Waals surface area contributed by atoms with Crippen LogP contribution in [0.2, 0.25) is 0 Å². The summed E-state index contributed by atoms with van der Waals surface area (Å²) >= 11 is 0. The third kappa shape index (κ3) is 19.2. The summed E-state index contributed by atoms with van der Waals surface area (Å²) in [6.45, 7) is 8.79. The van der Waals surface area contributed by atoms with Crippen LogP contribution in [0.15, 0.2) is 36.4 Å². The first-order valence-electron chi connectivity index (χ1n) is 22.8. The topological polar surface area (TPSA) is 122 Å². The van der Waals surface area contributed by atoms with Gasteiger partial charge in [0, 0.05) is 11.1 Å². The maximum absolute atomic E-state index is 14.4. The zero-order chi connectivity index (χ0) is 42.2. The van der Waals surface area contributed by atoms with Gasteiger partial charge in [-0.05, 0) is 31.7 Å². The highest BCUT2D eigenvalue weighted by Crippen LogP contribution is 2.30. The van der Waals surface area contributed by atoms with E-state index in [4.69, 9.17) is 18.9 Å². The minimum atomic E-state index is -1.00. The quantitative estimate of drug-likeness (QED) is 0.0294. The number of ether oxygens (including phenoxy) is 4. The van der Waals surface area contributed by atoms with E-state index in [1.165, 1.54) is 6.07 Å². The molecule has 0 saturated heterocycles. The summed E-state index contributed by atoms with van der Waals surface area (Å²) in [6.07, 6.45) is 22.9. The van der Waals surface area contributed by atoms with E-state index < -0.39 is 46.4 Å². The van der Waals surface area contributed by atoms with Crippen molar-refractivity contribution >= 4 is 29.7 Å². The van der Waals surface area contributed by atoms with E-state index in [-0.39, 0.29) is 43.1 Å². The summed E-state index contributed by atoms with van der Waals surface area (Å²) in [5.41, 5.74) is -1.69. The number of hydrogen-bond acceptors (Lipinski definition) is 9. The molecular weight excluding hydrogens is 733 g/mol. The van der Waals surface area contributed by atoms with Crippen molar-refractivity contribution in [3.05, 3.63) is 69.8 Å². The third-order valence-electron chi connectivity index (χ3n) is 10.4. The van der Waals surface area contributed by atoms with E-state index in [2.05, 4.69) is 27.7 Å². The summed E-state index contributed by atoms with van der Waals surface area (Å²) in [5.74, 6) is -4.42. The first-order chi connectivity index (χ1) is 28.3. The average molecular weight is 807 g/mol. The Balaban J connectivity index is 2.68. The number of hydrogen-bond donors (Lipinski definition) is 0. The van der Waals surface area contributed by atoms with Crippen molar-refractivity contribution in [3.8, 4) is 0 Å². The van der Waals surface area contributed by atoms with Crippen LogP contribution in [-0.4, -0.2) is 56.1 Å². The molecule has 324 valence electrons. The van der Waals surface area contributed by atoms with Gasteiger partial charge in [-0.1, -0.05) is 186 Å². The molecule has 9 heteroatoms. The normalized spacial score (nSPS) is 11.0. The smallest absolute Gasteiger partial charge is 0.339 e. The summed E-state index contributed by atoms with van der Waals surface area (Å²) in [6, 6.07) is 9.50. The van der Waals surface area contributed by atoms with Gasteiger partial charge >= 0.3 is 23.9 Å². The molecule has 0 unspecified atom stereocenters. The molecule has 0 atom stereocenters. The van der Waals surface area contributed by atoms with E-state index in [1.54, 1.807) is 30.3 Å². The van der Waals surface area contributed by atoms with Gasteiger partial charge in [0.15, 0.2) is 5.78 Å². The molecule has 0 aliphatic carbocycles. The summed E-state index contributed by atoms with van der Waals surface area (Å²) in [7, 11) is 0. The highest BCUT2D eigenvalue weighted by Gasteiger charge is 2.37. The van der Waals surface area contributed by atoms with Gasteiger partial charge in [0.25, 0.3) is 0 Å². The Kier molecular flexibility index (Phi) is 27.6. The van der Waals surface area contributed by atoms with Crippen LogP contribution in [0.1, 0.15) is 239 Å². The Morgan fingerprint density at radius 3 is 1.05 bits per heavy atom. The van der Waals surface area contributed by atoms with Crippen LogP contribution >= 0.6 is 0 Å². The van der Waals surface area contributed by atoms with Crippen LogP contribution < -0.4 is 0 Å². The second-order valence-electron chi connectivity index (χ2n) is 15.4. The molecule has 2 aromatic rings. The van der Waals surface area contributed by atoms with Crippen molar-refractivity contribution < 1.29 is 42.9 Å². The number of esters is 4. The van der Waals surface area contributed by atoms with Crippen LogP contribution in [0.4, 0.5) is 0 Å². The maximum Gasteiger partial charge on any atom is 0.339 e. The molecule has 0 aliphatic rings. The first-order valence-corrected chi connectivity index (χ1v) is 22.8. The lowest BCUT2D eigenvalue weighted by Gasteiger charge is -2.20. The molecule has 9 nitrogen and oxygen atoms in total. The number of carbonyl (C=O) groups excluding carboxylic acids is 5. The summed E-state index contributed by atoms with van der Waals surface area (Å²) in [4.78, 5) is 71.2. The van der Waals surface area contributed by atoms with Gasteiger partial charge in [0.1, 0.15) is 0 Å². The Hall–Kier alpha value is -4.01.